The molecular weight excluding hydrogens is 508 g/mol. The number of rotatable bonds is 9. The van der Waals surface area contributed by atoms with Crippen molar-refractivity contribution in [3.05, 3.63) is 74.4 Å². The quantitative estimate of drug-likeness (QED) is 0.316. The first-order valence-electron chi connectivity index (χ1n) is 10.7. The Bertz CT molecular complexity index is 1120. The van der Waals surface area contributed by atoms with E-state index in [0.717, 1.165) is 38.6 Å². The Balaban J connectivity index is 1.43. The number of thioether (sulfide) groups is 1. The standard InChI is InChI=1S/C23H25BrN4O4S/c24-18-10-17-11-20(26-22(17)21(12-18)28(30)31)23(29)25-13-19(14-27-6-8-32-9-7-27)33-15-16-4-2-1-3-5-16/h1-5,10-12,19,26H,6-9,13-15H2,(H,25,29). The van der Waals surface area contributed by atoms with Crippen molar-refractivity contribution >= 4 is 50.2 Å². The molecule has 4 rings (SSSR count). The van der Waals surface area contributed by atoms with Gasteiger partial charge in [0.25, 0.3) is 11.6 Å². The second-order valence-electron chi connectivity index (χ2n) is 7.87. The molecular formula is C23H25BrN4O4S. The molecule has 3 aromatic rings. The molecule has 0 radical (unpaired) electrons. The van der Waals surface area contributed by atoms with Crippen LogP contribution in [0.4, 0.5) is 5.69 Å². The third kappa shape index (κ3) is 6.35. The Morgan fingerprint density at radius 2 is 2.00 bits per heavy atom. The Morgan fingerprint density at radius 1 is 1.24 bits per heavy atom. The number of carbonyl (C=O) groups is 1. The zero-order valence-electron chi connectivity index (χ0n) is 18.0. The highest BCUT2D eigenvalue weighted by Crippen LogP contribution is 2.30. The highest BCUT2D eigenvalue weighted by molar-refractivity contribution is 9.10. The smallest absolute Gasteiger partial charge is 0.294 e. The Kier molecular flexibility index (Phi) is 8.02. The number of nitrogens with one attached hydrogen (secondary N) is 2. The second-order valence-corrected chi connectivity index (χ2v) is 10.1. The SMILES string of the molecule is O=C(NCC(CN1CCOCC1)SCc1ccccc1)c1cc2cc(Br)cc([N+](=O)[O-])c2[nH]1. The molecule has 0 aliphatic carbocycles. The van der Waals surface area contributed by atoms with Crippen molar-refractivity contribution < 1.29 is 14.5 Å². The molecule has 1 saturated heterocycles. The van der Waals surface area contributed by atoms with Gasteiger partial charge in [-0.1, -0.05) is 46.3 Å². The topological polar surface area (TPSA) is 100 Å². The van der Waals surface area contributed by atoms with Gasteiger partial charge >= 0.3 is 0 Å². The van der Waals surface area contributed by atoms with Crippen LogP contribution in [0.15, 0.2) is 53.0 Å². The van der Waals surface area contributed by atoms with Crippen LogP contribution < -0.4 is 5.32 Å². The van der Waals surface area contributed by atoms with Crippen molar-refractivity contribution in [2.24, 2.45) is 0 Å². The largest absolute Gasteiger partial charge is 0.379 e. The molecule has 0 saturated carbocycles. The first-order valence-corrected chi connectivity index (χ1v) is 12.5. The Hall–Kier alpha value is -2.40. The number of benzene rings is 2. The van der Waals surface area contributed by atoms with Gasteiger partial charge in [-0.05, 0) is 17.7 Å². The number of fused-ring (bicyclic) bond motifs is 1. The minimum absolute atomic E-state index is 0.0676. The number of hydrogen-bond donors (Lipinski definition) is 2. The number of carbonyl (C=O) groups excluding carboxylic acids is 1. The van der Waals surface area contributed by atoms with Crippen LogP contribution in [-0.2, 0) is 10.5 Å². The molecule has 1 fully saturated rings. The molecule has 0 spiro atoms. The van der Waals surface area contributed by atoms with E-state index in [1.807, 2.05) is 30.0 Å². The van der Waals surface area contributed by atoms with Crippen molar-refractivity contribution in [1.29, 1.82) is 0 Å². The van der Waals surface area contributed by atoms with E-state index in [0.29, 0.717) is 27.6 Å². The number of nitro benzene ring substituents is 1. The van der Waals surface area contributed by atoms with Crippen LogP contribution in [0, 0.1) is 10.1 Å². The van der Waals surface area contributed by atoms with Crippen LogP contribution in [0.1, 0.15) is 16.1 Å². The minimum Gasteiger partial charge on any atom is -0.379 e. The van der Waals surface area contributed by atoms with Gasteiger partial charge < -0.3 is 15.0 Å². The monoisotopic (exact) mass is 532 g/mol. The Morgan fingerprint density at radius 3 is 2.73 bits per heavy atom. The van der Waals surface area contributed by atoms with Gasteiger partial charge in [-0.25, -0.2) is 0 Å². The van der Waals surface area contributed by atoms with Crippen molar-refractivity contribution in [2.75, 3.05) is 39.4 Å². The van der Waals surface area contributed by atoms with E-state index < -0.39 is 4.92 Å². The van der Waals surface area contributed by atoms with E-state index in [1.54, 1.807) is 12.1 Å². The lowest BCUT2D eigenvalue weighted by molar-refractivity contribution is -0.383. The molecule has 2 heterocycles. The summed E-state index contributed by atoms with van der Waals surface area (Å²) in [6.07, 6.45) is 0. The predicted molar refractivity (Wildman–Crippen MR) is 134 cm³/mol. The molecule has 33 heavy (non-hydrogen) atoms. The molecule has 174 valence electrons. The lowest BCUT2D eigenvalue weighted by Gasteiger charge is -2.30. The summed E-state index contributed by atoms with van der Waals surface area (Å²) in [6, 6.07) is 15.1. The van der Waals surface area contributed by atoms with Gasteiger partial charge in [-0.2, -0.15) is 11.8 Å². The van der Waals surface area contributed by atoms with Gasteiger partial charge in [0.1, 0.15) is 11.2 Å². The number of hydrogen-bond acceptors (Lipinski definition) is 6. The molecule has 1 amide bonds. The second kappa shape index (κ2) is 11.1. The first-order chi connectivity index (χ1) is 16.0. The van der Waals surface area contributed by atoms with Crippen molar-refractivity contribution in [2.45, 2.75) is 11.0 Å². The minimum atomic E-state index is -0.455. The molecule has 0 bridgehead atoms. The number of non-ortho nitro benzene ring substituents is 1. The van der Waals surface area contributed by atoms with Crippen molar-refractivity contribution in [3.63, 3.8) is 0 Å². The normalized spacial score (nSPS) is 15.4. The van der Waals surface area contributed by atoms with E-state index in [9.17, 15) is 14.9 Å². The fraction of sp³-hybridized carbons (Fsp3) is 0.348. The molecule has 1 unspecified atom stereocenters. The van der Waals surface area contributed by atoms with Crippen LogP contribution >= 0.6 is 27.7 Å². The van der Waals surface area contributed by atoms with E-state index in [4.69, 9.17) is 4.74 Å². The zero-order valence-corrected chi connectivity index (χ0v) is 20.4. The van der Waals surface area contributed by atoms with Crippen molar-refractivity contribution in [3.8, 4) is 0 Å². The third-order valence-electron chi connectivity index (χ3n) is 5.50. The summed E-state index contributed by atoms with van der Waals surface area (Å²) in [5, 5.41) is 15.2. The number of aromatic amines is 1. The number of amides is 1. The fourth-order valence-corrected chi connectivity index (χ4v) is 5.40. The summed E-state index contributed by atoms with van der Waals surface area (Å²) in [5.74, 6) is 0.585. The number of aromatic nitrogens is 1. The number of H-pyrrole nitrogens is 1. The average Bonchev–Trinajstić information content (AvgIpc) is 3.25. The highest BCUT2D eigenvalue weighted by Gasteiger charge is 2.21. The molecule has 1 aliphatic rings. The molecule has 1 atom stereocenters. The zero-order chi connectivity index (χ0) is 23.2. The summed E-state index contributed by atoms with van der Waals surface area (Å²) >= 11 is 5.11. The van der Waals surface area contributed by atoms with E-state index in [2.05, 4.69) is 43.3 Å². The highest BCUT2D eigenvalue weighted by atomic mass is 79.9. The molecule has 2 N–H and O–H groups in total. The maximum Gasteiger partial charge on any atom is 0.294 e. The van der Waals surface area contributed by atoms with Gasteiger partial charge in [0.2, 0.25) is 0 Å². The number of morpholine rings is 1. The maximum absolute atomic E-state index is 12.9. The van der Waals surface area contributed by atoms with E-state index in [1.165, 1.54) is 11.6 Å². The van der Waals surface area contributed by atoms with Crippen LogP contribution in [0.5, 0.6) is 0 Å². The summed E-state index contributed by atoms with van der Waals surface area (Å²) in [7, 11) is 0. The van der Waals surface area contributed by atoms with E-state index in [-0.39, 0.29) is 16.8 Å². The van der Waals surface area contributed by atoms with Crippen LogP contribution in [0.3, 0.4) is 0 Å². The number of nitrogens with zero attached hydrogens (tertiary/aromatic N) is 2. The summed E-state index contributed by atoms with van der Waals surface area (Å²) in [6.45, 7) is 4.58. The summed E-state index contributed by atoms with van der Waals surface area (Å²) < 4.78 is 6.05. The number of nitro groups is 1. The molecule has 1 aromatic heterocycles. The predicted octanol–water partition coefficient (Wildman–Crippen LogP) is 4.20. The van der Waals surface area contributed by atoms with Gasteiger partial charge in [-0.15, -0.1) is 0 Å². The lowest BCUT2D eigenvalue weighted by Crippen LogP contribution is -2.43. The van der Waals surface area contributed by atoms with Gasteiger partial charge in [-0.3, -0.25) is 19.8 Å². The maximum atomic E-state index is 12.9. The third-order valence-corrected chi connectivity index (χ3v) is 7.24. The lowest BCUT2D eigenvalue weighted by atomic mass is 10.2. The average molecular weight is 533 g/mol. The Labute approximate surface area is 204 Å². The molecule has 2 aromatic carbocycles. The van der Waals surface area contributed by atoms with Crippen LogP contribution in [0.25, 0.3) is 10.9 Å². The van der Waals surface area contributed by atoms with Gasteiger partial charge in [0, 0.05) is 53.1 Å². The first kappa shape index (κ1) is 23.7. The number of halogens is 1. The molecule has 1 aliphatic heterocycles. The van der Waals surface area contributed by atoms with Crippen LogP contribution in [0.2, 0.25) is 0 Å². The molecule has 10 heteroatoms. The summed E-state index contributed by atoms with van der Waals surface area (Å²) in [5.41, 5.74) is 1.83. The number of ether oxygens (including phenoxy) is 1. The van der Waals surface area contributed by atoms with Gasteiger partial charge in [0.05, 0.1) is 18.1 Å². The summed E-state index contributed by atoms with van der Waals surface area (Å²) in [4.78, 5) is 29.1. The molecule has 8 nitrogen and oxygen atoms in total. The fourth-order valence-electron chi connectivity index (χ4n) is 3.79. The van der Waals surface area contributed by atoms with Crippen LogP contribution in [-0.4, -0.2) is 65.4 Å². The van der Waals surface area contributed by atoms with E-state index >= 15 is 0 Å². The van der Waals surface area contributed by atoms with Crippen molar-refractivity contribution in [1.82, 2.24) is 15.2 Å². The van der Waals surface area contributed by atoms with Gasteiger partial charge in [0.15, 0.2) is 0 Å².